The van der Waals surface area contributed by atoms with E-state index in [1.807, 2.05) is 0 Å². The smallest absolute Gasteiger partial charge is 0.125 e. The fraction of sp³-hybridized carbons (Fsp3) is 1.00. The average Bonchev–Trinajstić information content (AvgIpc) is 2.89. The van der Waals surface area contributed by atoms with Gasteiger partial charge in [0.1, 0.15) is 8.24 Å². The number of nitrogens with zero attached hydrogens (tertiary/aromatic N) is 1. The highest BCUT2D eigenvalue weighted by Gasteiger charge is 2.44. The first-order valence-electron chi connectivity index (χ1n) is 9.08. The summed E-state index contributed by atoms with van der Waals surface area (Å²) in [4.78, 5) is 0. The molecule has 0 N–H and O–H groups in total. The Morgan fingerprint density at radius 1 is 0.632 bits per heavy atom. The number of hydrogen-bond acceptors (Lipinski definition) is 1. The van der Waals surface area contributed by atoms with E-state index in [9.17, 15) is 0 Å². The lowest BCUT2D eigenvalue weighted by atomic mass is 9.91. The van der Waals surface area contributed by atoms with Gasteiger partial charge in [0.2, 0.25) is 0 Å². The van der Waals surface area contributed by atoms with Crippen molar-refractivity contribution in [2.24, 2.45) is 0 Å². The molecular weight excluding hydrogens is 246 g/mol. The molecule has 1 saturated heterocycles. The van der Waals surface area contributed by atoms with E-state index < -0.39 is 8.24 Å². The third-order valence-corrected chi connectivity index (χ3v) is 11.1. The summed E-state index contributed by atoms with van der Waals surface area (Å²) < 4.78 is 3.22. The van der Waals surface area contributed by atoms with Gasteiger partial charge in [-0.05, 0) is 37.8 Å². The first-order chi connectivity index (χ1) is 9.30. The van der Waals surface area contributed by atoms with Gasteiger partial charge in [-0.15, -0.1) is 0 Å². The predicted molar refractivity (Wildman–Crippen MR) is 86.1 cm³/mol. The van der Waals surface area contributed by atoms with E-state index in [-0.39, 0.29) is 0 Å². The van der Waals surface area contributed by atoms with Gasteiger partial charge in [0.15, 0.2) is 0 Å². The molecule has 0 amide bonds. The second-order valence-electron chi connectivity index (χ2n) is 7.69. The summed E-state index contributed by atoms with van der Waals surface area (Å²) in [6.45, 7) is 2.74. The van der Waals surface area contributed by atoms with E-state index in [1.165, 1.54) is 64.2 Å². The Kier molecular flexibility index (Phi) is 4.68. The molecule has 0 atom stereocenters. The predicted octanol–water partition coefficient (Wildman–Crippen LogP) is 5.32. The topological polar surface area (TPSA) is 3.24 Å². The van der Waals surface area contributed by atoms with Gasteiger partial charge in [-0.3, -0.25) is 0 Å². The van der Waals surface area contributed by atoms with Gasteiger partial charge in [-0.25, -0.2) is 0 Å². The molecule has 2 aliphatic carbocycles. The SMILES string of the molecule is C[Si]1(N(C2CCCCC2)C2CCCCC2)CCCC1. The van der Waals surface area contributed by atoms with Gasteiger partial charge in [-0.2, -0.15) is 0 Å². The van der Waals surface area contributed by atoms with E-state index >= 15 is 0 Å². The molecule has 0 unspecified atom stereocenters. The first-order valence-corrected chi connectivity index (χ1v) is 11.9. The highest BCUT2D eigenvalue weighted by molar-refractivity contribution is 6.76. The average molecular weight is 280 g/mol. The van der Waals surface area contributed by atoms with Crippen molar-refractivity contribution < 1.29 is 0 Å². The molecule has 0 radical (unpaired) electrons. The zero-order valence-electron chi connectivity index (χ0n) is 13.0. The van der Waals surface area contributed by atoms with Gasteiger partial charge in [-0.1, -0.05) is 57.9 Å². The fourth-order valence-electron chi connectivity index (χ4n) is 5.29. The largest absolute Gasteiger partial charge is 0.318 e. The maximum Gasteiger partial charge on any atom is 0.125 e. The summed E-state index contributed by atoms with van der Waals surface area (Å²) in [5, 5.41) is 0. The molecule has 1 heterocycles. The van der Waals surface area contributed by atoms with Crippen LogP contribution in [-0.4, -0.2) is 24.9 Å². The standard InChI is InChI=1S/C17H33NSi/c1-19(14-8-9-15-19)18(16-10-4-2-5-11-16)17-12-6-3-7-13-17/h16-17H,2-15H2,1H3. The van der Waals surface area contributed by atoms with Crippen LogP contribution >= 0.6 is 0 Å². The van der Waals surface area contributed by atoms with Crippen molar-refractivity contribution in [1.29, 1.82) is 0 Å². The summed E-state index contributed by atoms with van der Waals surface area (Å²) in [5.74, 6) is 0. The number of rotatable bonds is 3. The second-order valence-corrected chi connectivity index (χ2v) is 12.2. The third kappa shape index (κ3) is 3.10. The molecule has 0 aromatic heterocycles. The molecule has 0 aromatic rings. The minimum Gasteiger partial charge on any atom is -0.318 e. The van der Waals surface area contributed by atoms with Crippen LogP contribution in [0.5, 0.6) is 0 Å². The maximum absolute atomic E-state index is 3.22. The van der Waals surface area contributed by atoms with Crippen molar-refractivity contribution in [2.75, 3.05) is 0 Å². The van der Waals surface area contributed by atoms with Crippen LogP contribution in [-0.2, 0) is 0 Å². The molecule has 1 nitrogen and oxygen atoms in total. The summed E-state index contributed by atoms with van der Waals surface area (Å²) in [6, 6.07) is 5.21. The Balaban J connectivity index is 1.76. The van der Waals surface area contributed by atoms with Crippen LogP contribution in [0, 0.1) is 0 Å². The zero-order valence-corrected chi connectivity index (χ0v) is 14.0. The molecule has 0 spiro atoms. The Morgan fingerprint density at radius 2 is 1.05 bits per heavy atom. The van der Waals surface area contributed by atoms with Gasteiger partial charge in [0, 0.05) is 12.1 Å². The molecule has 3 fully saturated rings. The Morgan fingerprint density at radius 3 is 1.47 bits per heavy atom. The maximum atomic E-state index is 3.22. The highest BCUT2D eigenvalue weighted by Crippen LogP contribution is 2.41. The fourth-order valence-corrected chi connectivity index (χ4v) is 10.4. The summed E-state index contributed by atoms with van der Waals surface area (Å²) >= 11 is 0. The molecule has 2 heteroatoms. The third-order valence-electron chi connectivity index (χ3n) is 6.24. The number of hydrogen-bond donors (Lipinski definition) is 0. The molecule has 1 aliphatic heterocycles. The van der Waals surface area contributed by atoms with Crippen LogP contribution in [0.25, 0.3) is 0 Å². The molecular formula is C17H33NSi. The highest BCUT2D eigenvalue weighted by atomic mass is 28.3. The van der Waals surface area contributed by atoms with Crippen molar-refractivity contribution in [2.45, 2.75) is 108 Å². The zero-order chi connectivity index (χ0) is 13.1. The van der Waals surface area contributed by atoms with Gasteiger partial charge < -0.3 is 4.57 Å². The van der Waals surface area contributed by atoms with Crippen LogP contribution in [0.3, 0.4) is 0 Å². The Bertz CT molecular complexity index is 255. The van der Waals surface area contributed by atoms with E-state index in [0.29, 0.717) is 0 Å². The molecule has 0 aromatic carbocycles. The van der Waals surface area contributed by atoms with E-state index in [0.717, 1.165) is 12.1 Å². The van der Waals surface area contributed by atoms with Crippen LogP contribution in [0.1, 0.15) is 77.0 Å². The summed E-state index contributed by atoms with van der Waals surface area (Å²) in [7, 11) is -1.06. The molecule has 3 rings (SSSR count). The molecule has 3 aliphatic rings. The Hall–Kier alpha value is 0.177. The van der Waals surface area contributed by atoms with E-state index in [1.54, 1.807) is 24.9 Å². The van der Waals surface area contributed by atoms with Gasteiger partial charge in [0.05, 0.1) is 0 Å². The van der Waals surface area contributed by atoms with Gasteiger partial charge in [0.25, 0.3) is 0 Å². The Labute approximate surface area is 121 Å². The second kappa shape index (κ2) is 6.30. The molecule has 19 heavy (non-hydrogen) atoms. The van der Waals surface area contributed by atoms with E-state index in [2.05, 4.69) is 11.1 Å². The van der Waals surface area contributed by atoms with Crippen LogP contribution < -0.4 is 0 Å². The van der Waals surface area contributed by atoms with Gasteiger partial charge >= 0.3 is 0 Å². The van der Waals surface area contributed by atoms with Crippen LogP contribution in [0.15, 0.2) is 0 Å². The van der Waals surface area contributed by atoms with E-state index in [4.69, 9.17) is 0 Å². The van der Waals surface area contributed by atoms with Crippen molar-refractivity contribution >= 4 is 8.24 Å². The van der Waals surface area contributed by atoms with Crippen molar-refractivity contribution in [3.05, 3.63) is 0 Å². The molecule has 2 saturated carbocycles. The minimum atomic E-state index is -1.06. The lowest BCUT2D eigenvalue weighted by Crippen LogP contribution is -2.59. The monoisotopic (exact) mass is 279 g/mol. The minimum absolute atomic E-state index is 0.992. The normalized spacial score (nSPS) is 30.0. The quantitative estimate of drug-likeness (QED) is 0.632. The summed E-state index contributed by atoms with van der Waals surface area (Å²) in [6.07, 6.45) is 18.3. The van der Waals surface area contributed by atoms with Crippen LogP contribution in [0.4, 0.5) is 0 Å². The van der Waals surface area contributed by atoms with Crippen molar-refractivity contribution in [3.8, 4) is 0 Å². The molecule has 110 valence electrons. The van der Waals surface area contributed by atoms with Crippen molar-refractivity contribution in [3.63, 3.8) is 0 Å². The lowest BCUT2D eigenvalue weighted by Gasteiger charge is -2.50. The van der Waals surface area contributed by atoms with Crippen LogP contribution in [0.2, 0.25) is 18.6 Å². The summed E-state index contributed by atoms with van der Waals surface area (Å²) in [5.41, 5.74) is 0. The first kappa shape index (κ1) is 14.1. The van der Waals surface area contributed by atoms with Crippen molar-refractivity contribution in [1.82, 2.24) is 4.57 Å². The lowest BCUT2D eigenvalue weighted by molar-refractivity contribution is 0.159. The molecule has 0 bridgehead atoms.